The van der Waals surface area contributed by atoms with Crippen molar-refractivity contribution in [1.82, 2.24) is 4.98 Å². The summed E-state index contributed by atoms with van der Waals surface area (Å²) in [6.45, 7) is 0. The Bertz CT molecular complexity index is 595. The van der Waals surface area contributed by atoms with Gasteiger partial charge in [0.15, 0.2) is 0 Å². The van der Waals surface area contributed by atoms with Gasteiger partial charge >= 0.3 is 0 Å². The molecule has 0 spiro atoms. The first kappa shape index (κ1) is 12.6. The molecule has 0 saturated heterocycles. The highest BCUT2D eigenvalue weighted by Gasteiger charge is 2.14. The Hall–Kier alpha value is -1.38. The Morgan fingerprint density at radius 2 is 2.05 bits per heavy atom. The van der Waals surface area contributed by atoms with Gasteiger partial charge < -0.3 is 5.73 Å². The van der Waals surface area contributed by atoms with Gasteiger partial charge in [0, 0.05) is 18.4 Å². The Labute approximate surface area is 118 Å². The van der Waals surface area contributed by atoms with E-state index in [9.17, 15) is 0 Å². The lowest BCUT2D eigenvalue weighted by molar-refractivity contribution is 0.720. The average molecular weight is 273 g/mol. The molecule has 98 valence electrons. The molecule has 0 fully saturated rings. The molecule has 1 atom stereocenters. The van der Waals surface area contributed by atoms with Gasteiger partial charge in [-0.3, -0.25) is 4.98 Å². The Morgan fingerprint density at radius 1 is 1.21 bits per heavy atom. The minimum absolute atomic E-state index is 0.00852. The van der Waals surface area contributed by atoms with Crippen molar-refractivity contribution in [2.75, 3.05) is 0 Å². The van der Waals surface area contributed by atoms with E-state index in [0.29, 0.717) is 5.02 Å². The number of hydrogen-bond donors (Lipinski definition) is 1. The van der Waals surface area contributed by atoms with Gasteiger partial charge in [-0.15, -0.1) is 0 Å². The molecule has 2 aromatic rings. The maximum atomic E-state index is 6.31. The van der Waals surface area contributed by atoms with Gasteiger partial charge in [0.05, 0.1) is 5.02 Å². The Balaban J connectivity index is 1.81. The van der Waals surface area contributed by atoms with Crippen LogP contribution in [0.1, 0.15) is 34.7 Å². The van der Waals surface area contributed by atoms with Gasteiger partial charge in [0.25, 0.3) is 0 Å². The number of hydrogen-bond acceptors (Lipinski definition) is 2. The molecule has 1 aliphatic carbocycles. The van der Waals surface area contributed by atoms with Crippen molar-refractivity contribution in [3.8, 4) is 0 Å². The van der Waals surface area contributed by atoms with Crippen LogP contribution in [0, 0.1) is 0 Å². The van der Waals surface area contributed by atoms with Crippen molar-refractivity contribution in [2.45, 2.75) is 31.7 Å². The van der Waals surface area contributed by atoms with Gasteiger partial charge in [-0.25, -0.2) is 0 Å². The number of pyridine rings is 1. The molecule has 0 bridgehead atoms. The van der Waals surface area contributed by atoms with E-state index < -0.39 is 0 Å². The fourth-order valence-corrected chi connectivity index (χ4v) is 2.94. The highest BCUT2D eigenvalue weighted by atomic mass is 35.5. The van der Waals surface area contributed by atoms with E-state index in [1.165, 1.54) is 36.0 Å². The van der Waals surface area contributed by atoms with Crippen LogP contribution in [0.25, 0.3) is 0 Å². The zero-order valence-corrected chi connectivity index (χ0v) is 11.5. The van der Waals surface area contributed by atoms with E-state index in [0.717, 1.165) is 12.0 Å². The number of aryl methyl sites for hydroxylation is 2. The zero-order valence-electron chi connectivity index (χ0n) is 10.8. The smallest absolute Gasteiger partial charge is 0.0622 e. The van der Waals surface area contributed by atoms with Crippen LogP contribution in [0.3, 0.4) is 0 Å². The van der Waals surface area contributed by atoms with Gasteiger partial charge in [-0.05, 0) is 54.0 Å². The quantitative estimate of drug-likeness (QED) is 0.929. The van der Waals surface area contributed by atoms with Crippen LogP contribution in [-0.4, -0.2) is 4.98 Å². The van der Waals surface area contributed by atoms with E-state index in [4.69, 9.17) is 17.3 Å². The third-order valence-electron chi connectivity index (χ3n) is 3.85. The lowest BCUT2D eigenvalue weighted by Crippen LogP contribution is -2.14. The highest BCUT2D eigenvalue weighted by molar-refractivity contribution is 6.31. The van der Waals surface area contributed by atoms with Crippen molar-refractivity contribution in [3.63, 3.8) is 0 Å². The summed E-state index contributed by atoms with van der Waals surface area (Å²) in [7, 11) is 0. The summed E-state index contributed by atoms with van der Waals surface area (Å²) in [5.74, 6) is 0. The molecule has 0 aliphatic heterocycles. The number of aromatic nitrogens is 1. The van der Waals surface area contributed by atoms with E-state index in [2.05, 4.69) is 23.2 Å². The van der Waals surface area contributed by atoms with Crippen LogP contribution in [0.15, 0.2) is 36.7 Å². The average Bonchev–Trinajstić information content (AvgIpc) is 2.88. The molecule has 3 rings (SSSR count). The second-order valence-corrected chi connectivity index (χ2v) is 5.57. The first-order chi connectivity index (χ1) is 9.24. The van der Waals surface area contributed by atoms with Crippen molar-refractivity contribution in [3.05, 3.63) is 63.9 Å². The second kappa shape index (κ2) is 5.32. The number of fused-ring (bicyclic) bond motifs is 1. The van der Waals surface area contributed by atoms with Gasteiger partial charge in [-0.1, -0.05) is 29.8 Å². The standard InChI is InChI=1S/C16H17ClN2/c17-15-10-19-7-6-13(15)9-16(18)14-5-4-11-2-1-3-12(11)8-14/h4-8,10,16H,1-3,9,18H2. The summed E-state index contributed by atoms with van der Waals surface area (Å²) in [4.78, 5) is 4.00. The molecule has 1 aromatic carbocycles. The van der Waals surface area contributed by atoms with Crippen molar-refractivity contribution in [1.29, 1.82) is 0 Å². The first-order valence-electron chi connectivity index (χ1n) is 6.70. The monoisotopic (exact) mass is 272 g/mol. The van der Waals surface area contributed by atoms with E-state index in [-0.39, 0.29) is 6.04 Å². The van der Waals surface area contributed by atoms with Crippen molar-refractivity contribution in [2.24, 2.45) is 5.73 Å². The maximum absolute atomic E-state index is 6.31. The molecular weight excluding hydrogens is 256 g/mol. The van der Waals surface area contributed by atoms with Crippen LogP contribution >= 0.6 is 11.6 Å². The van der Waals surface area contributed by atoms with Gasteiger partial charge in [-0.2, -0.15) is 0 Å². The Morgan fingerprint density at radius 3 is 2.89 bits per heavy atom. The number of rotatable bonds is 3. The predicted molar refractivity (Wildman–Crippen MR) is 78.3 cm³/mol. The van der Waals surface area contributed by atoms with E-state index in [1.54, 1.807) is 12.4 Å². The van der Waals surface area contributed by atoms with Crippen LogP contribution in [-0.2, 0) is 19.3 Å². The molecule has 1 heterocycles. The number of benzene rings is 1. The Kier molecular flexibility index (Phi) is 3.54. The topological polar surface area (TPSA) is 38.9 Å². The minimum atomic E-state index is -0.00852. The summed E-state index contributed by atoms with van der Waals surface area (Å²) in [5, 5.41) is 0.694. The molecule has 1 unspecified atom stereocenters. The van der Waals surface area contributed by atoms with Gasteiger partial charge in [0.2, 0.25) is 0 Å². The van der Waals surface area contributed by atoms with Crippen molar-refractivity contribution < 1.29 is 0 Å². The van der Waals surface area contributed by atoms with E-state index in [1.807, 2.05) is 6.07 Å². The second-order valence-electron chi connectivity index (χ2n) is 5.16. The predicted octanol–water partition coefficient (Wildman–Crippen LogP) is 3.47. The summed E-state index contributed by atoms with van der Waals surface area (Å²) < 4.78 is 0. The van der Waals surface area contributed by atoms with Crippen LogP contribution in [0.2, 0.25) is 5.02 Å². The fourth-order valence-electron chi connectivity index (χ4n) is 2.75. The first-order valence-corrected chi connectivity index (χ1v) is 7.07. The molecule has 19 heavy (non-hydrogen) atoms. The summed E-state index contributed by atoms with van der Waals surface area (Å²) in [6, 6.07) is 8.58. The molecule has 1 aliphatic rings. The molecule has 2 N–H and O–H groups in total. The van der Waals surface area contributed by atoms with Crippen molar-refractivity contribution >= 4 is 11.6 Å². The van der Waals surface area contributed by atoms with Crippen LogP contribution in [0.5, 0.6) is 0 Å². The zero-order chi connectivity index (χ0) is 13.2. The van der Waals surface area contributed by atoms with Crippen LogP contribution < -0.4 is 5.73 Å². The molecule has 0 amide bonds. The molecular formula is C16H17ClN2. The molecule has 3 heteroatoms. The SMILES string of the molecule is NC(Cc1ccncc1Cl)c1ccc2c(c1)CCC2. The maximum Gasteiger partial charge on any atom is 0.0622 e. The van der Waals surface area contributed by atoms with Gasteiger partial charge in [0.1, 0.15) is 0 Å². The lowest BCUT2D eigenvalue weighted by atomic mass is 9.97. The molecule has 2 nitrogen and oxygen atoms in total. The summed E-state index contributed by atoms with van der Waals surface area (Å²) >= 11 is 6.13. The largest absolute Gasteiger partial charge is 0.324 e. The number of halogens is 1. The summed E-state index contributed by atoms with van der Waals surface area (Å²) in [5.41, 5.74) is 11.5. The third-order valence-corrected chi connectivity index (χ3v) is 4.19. The number of nitrogens with two attached hydrogens (primary N) is 1. The fraction of sp³-hybridized carbons (Fsp3) is 0.312. The molecule has 1 aromatic heterocycles. The lowest BCUT2D eigenvalue weighted by Gasteiger charge is -2.14. The van der Waals surface area contributed by atoms with E-state index >= 15 is 0 Å². The molecule has 0 radical (unpaired) electrons. The molecule has 0 saturated carbocycles. The summed E-state index contributed by atoms with van der Waals surface area (Å²) in [6.07, 6.45) is 7.85. The minimum Gasteiger partial charge on any atom is -0.324 e. The van der Waals surface area contributed by atoms with Crippen LogP contribution in [0.4, 0.5) is 0 Å². The number of nitrogens with zero attached hydrogens (tertiary/aromatic N) is 1. The normalized spacial score (nSPS) is 15.3. The highest BCUT2D eigenvalue weighted by Crippen LogP contribution is 2.27. The third kappa shape index (κ3) is 2.65.